The number of rotatable bonds is 8. The SMILES string of the molecule is O=C(O)C(Cc1ccccc1)Oc1cc(OCc2ccccc2)cc(C(F)(F)F)c1. The van der Waals surface area contributed by atoms with Crippen LogP contribution >= 0.6 is 0 Å². The van der Waals surface area contributed by atoms with Gasteiger partial charge in [0, 0.05) is 12.5 Å². The number of carboxylic acid groups (broad SMARTS) is 1. The van der Waals surface area contributed by atoms with Crippen molar-refractivity contribution in [3.63, 3.8) is 0 Å². The van der Waals surface area contributed by atoms with E-state index >= 15 is 0 Å². The zero-order valence-electron chi connectivity index (χ0n) is 15.8. The molecule has 1 atom stereocenters. The van der Waals surface area contributed by atoms with Crippen molar-refractivity contribution in [3.8, 4) is 11.5 Å². The van der Waals surface area contributed by atoms with E-state index in [1.807, 2.05) is 6.07 Å². The van der Waals surface area contributed by atoms with Gasteiger partial charge in [0.15, 0.2) is 6.10 Å². The number of alkyl halides is 3. The lowest BCUT2D eigenvalue weighted by Crippen LogP contribution is -2.29. The Hall–Kier alpha value is -3.48. The van der Waals surface area contributed by atoms with E-state index in [0.29, 0.717) is 5.56 Å². The number of benzene rings is 3. The molecular formula is C23H19F3O4. The minimum absolute atomic E-state index is 0.00657. The van der Waals surface area contributed by atoms with Gasteiger partial charge in [-0.2, -0.15) is 13.2 Å². The van der Waals surface area contributed by atoms with Gasteiger partial charge in [-0.15, -0.1) is 0 Å². The van der Waals surface area contributed by atoms with Crippen LogP contribution in [-0.2, 0) is 24.0 Å². The van der Waals surface area contributed by atoms with Crippen molar-refractivity contribution in [2.45, 2.75) is 25.3 Å². The monoisotopic (exact) mass is 416 g/mol. The largest absolute Gasteiger partial charge is 0.489 e. The molecule has 0 aliphatic rings. The average molecular weight is 416 g/mol. The van der Waals surface area contributed by atoms with Gasteiger partial charge in [-0.1, -0.05) is 60.7 Å². The highest BCUT2D eigenvalue weighted by atomic mass is 19.4. The summed E-state index contributed by atoms with van der Waals surface area (Å²) in [5.41, 5.74) is 0.495. The second kappa shape index (κ2) is 9.35. The normalized spacial score (nSPS) is 12.2. The maximum atomic E-state index is 13.3. The van der Waals surface area contributed by atoms with Gasteiger partial charge in [0.05, 0.1) is 5.56 Å². The number of hydrogen-bond acceptors (Lipinski definition) is 3. The van der Waals surface area contributed by atoms with Gasteiger partial charge in [0.1, 0.15) is 18.1 Å². The van der Waals surface area contributed by atoms with Crippen molar-refractivity contribution in [3.05, 3.63) is 95.6 Å². The molecule has 0 aliphatic heterocycles. The van der Waals surface area contributed by atoms with Gasteiger partial charge in [0.2, 0.25) is 0 Å². The van der Waals surface area contributed by atoms with Crippen LogP contribution in [0.1, 0.15) is 16.7 Å². The summed E-state index contributed by atoms with van der Waals surface area (Å²) in [5, 5.41) is 9.47. The van der Waals surface area contributed by atoms with Crippen LogP contribution in [0, 0.1) is 0 Å². The quantitative estimate of drug-likeness (QED) is 0.537. The molecule has 0 spiro atoms. The fraction of sp³-hybridized carbons (Fsp3) is 0.174. The molecule has 0 amide bonds. The van der Waals surface area contributed by atoms with Gasteiger partial charge in [-0.3, -0.25) is 0 Å². The lowest BCUT2D eigenvalue weighted by atomic mass is 10.1. The Balaban J connectivity index is 1.83. The summed E-state index contributed by atoms with van der Waals surface area (Å²) in [5.74, 6) is -1.56. The van der Waals surface area contributed by atoms with Crippen molar-refractivity contribution in [1.82, 2.24) is 0 Å². The van der Waals surface area contributed by atoms with E-state index in [1.54, 1.807) is 54.6 Å². The van der Waals surface area contributed by atoms with Crippen LogP contribution in [0.5, 0.6) is 11.5 Å². The second-order valence-electron chi connectivity index (χ2n) is 6.60. The maximum absolute atomic E-state index is 13.3. The van der Waals surface area contributed by atoms with Gasteiger partial charge in [-0.05, 0) is 23.3 Å². The minimum Gasteiger partial charge on any atom is -0.489 e. The zero-order chi connectivity index (χ0) is 21.6. The number of hydrogen-bond donors (Lipinski definition) is 1. The van der Waals surface area contributed by atoms with Gasteiger partial charge < -0.3 is 14.6 Å². The molecule has 4 nitrogen and oxygen atoms in total. The number of halogens is 3. The molecule has 0 heterocycles. The number of carbonyl (C=O) groups is 1. The smallest absolute Gasteiger partial charge is 0.416 e. The summed E-state index contributed by atoms with van der Waals surface area (Å²) in [6.07, 6.45) is -5.98. The van der Waals surface area contributed by atoms with E-state index in [0.717, 1.165) is 17.7 Å². The Bertz CT molecular complexity index is 973. The molecule has 3 aromatic rings. The van der Waals surface area contributed by atoms with Crippen LogP contribution in [0.4, 0.5) is 13.2 Å². The highest BCUT2D eigenvalue weighted by Gasteiger charge is 2.32. The van der Waals surface area contributed by atoms with E-state index in [4.69, 9.17) is 9.47 Å². The van der Waals surface area contributed by atoms with Crippen LogP contribution in [0.25, 0.3) is 0 Å². The highest BCUT2D eigenvalue weighted by molar-refractivity contribution is 5.73. The zero-order valence-corrected chi connectivity index (χ0v) is 15.8. The van der Waals surface area contributed by atoms with E-state index in [1.165, 1.54) is 6.07 Å². The molecule has 0 bridgehead atoms. The molecule has 30 heavy (non-hydrogen) atoms. The first-order chi connectivity index (χ1) is 14.3. The standard InChI is InChI=1S/C23H19F3O4/c24-23(25,26)18-12-19(29-15-17-9-5-2-6-10-17)14-20(13-18)30-21(22(27)28)11-16-7-3-1-4-8-16/h1-10,12-14,21H,11,15H2,(H,27,28). The molecule has 1 unspecified atom stereocenters. The number of carboxylic acids is 1. The molecule has 1 N–H and O–H groups in total. The molecule has 3 rings (SSSR count). The summed E-state index contributed by atoms with van der Waals surface area (Å²) in [6, 6.07) is 20.6. The van der Waals surface area contributed by atoms with E-state index in [9.17, 15) is 23.1 Å². The Morgan fingerprint density at radius 2 is 1.43 bits per heavy atom. The molecule has 0 fully saturated rings. The van der Waals surface area contributed by atoms with Crippen LogP contribution in [0.3, 0.4) is 0 Å². The first-order valence-electron chi connectivity index (χ1n) is 9.13. The molecular weight excluding hydrogens is 397 g/mol. The third-order valence-electron chi connectivity index (χ3n) is 4.27. The van der Waals surface area contributed by atoms with E-state index in [2.05, 4.69) is 0 Å². The fourth-order valence-corrected chi connectivity index (χ4v) is 2.80. The summed E-state index contributed by atoms with van der Waals surface area (Å²) in [6.45, 7) is 0.0635. The van der Waals surface area contributed by atoms with E-state index < -0.39 is 23.8 Å². The third kappa shape index (κ3) is 6.01. The molecule has 156 valence electrons. The van der Waals surface area contributed by atoms with Crippen molar-refractivity contribution in [2.75, 3.05) is 0 Å². The Morgan fingerprint density at radius 3 is 2.00 bits per heavy atom. The molecule has 0 aromatic heterocycles. The van der Waals surface area contributed by atoms with Crippen molar-refractivity contribution in [1.29, 1.82) is 0 Å². The Labute approximate surface area is 171 Å². The maximum Gasteiger partial charge on any atom is 0.416 e. The van der Waals surface area contributed by atoms with Crippen LogP contribution < -0.4 is 9.47 Å². The van der Waals surface area contributed by atoms with Crippen molar-refractivity contribution in [2.24, 2.45) is 0 Å². The van der Waals surface area contributed by atoms with E-state index in [-0.39, 0.29) is 24.5 Å². The predicted molar refractivity (Wildman–Crippen MR) is 104 cm³/mol. The van der Waals surface area contributed by atoms with Crippen molar-refractivity contribution < 1.29 is 32.5 Å². The molecule has 3 aromatic carbocycles. The molecule has 0 saturated carbocycles. The topological polar surface area (TPSA) is 55.8 Å². The molecule has 0 saturated heterocycles. The van der Waals surface area contributed by atoms with Crippen molar-refractivity contribution >= 4 is 5.97 Å². The lowest BCUT2D eigenvalue weighted by molar-refractivity contribution is -0.145. The van der Waals surface area contributed by atoms with Gasteiger partial charge >= 0.3 is 12.1 Å². The molecule has 7 heteroatoms. The van der Waals surface area contributed by atoms with Crippen LogP contribution in [0.15, 0.2) is 78.9 Å². The first kappa shape index (κ1) is 21.2. The van der Waals surface area contributed by atoms with Crippen LogP contribution in [-0.4, -0.2) is 17.2 Å². The summed E-state index contributed by atoms with van der Waals surface area (Å²) >= 11 is 0. The molecule has 0 aliphatic carbocycles. The Morgan fingerprint density at radius 1 is 0.867 bits per heavy atom. The van der Waals surface area contributed by atoms with Crippen LogP contribution in [0.2, 0.25) is 0 Å². The number of aliphatic carboxylic acids is 1. The summed E-state index contributed by atoms with van der Waals surface area (Å²) in [7, 11) is 0. The minimum atomic E-state index is -4.64. The highest BCUT2D eigenvalue weighted by Crippen LogP contribution is 2.35. The number of ether oxygens (including phenoxy) is 2. The Kier molecular flexibility index (Phi) is 6.61. The van der Waals surface area contributed by atoms with Gasteiger partial charge in [-0.25, -0.2) is 4.79 Å². The first-order valence-corrected chi connectivity index (χ1v) is 9.13. The fourth-order valence-electron chi connectivity index (χ4n) is 2.80. The summed E-state index contributed by atoms with van der Waals surface area (Å²) in [4.78, 5) is 11.6. The second-order valence-corrected chi connectivity index (χ2v) is 6.60. The molecule has 0 radical (unpaired) electrons. The predicted octanol–water partition coefficient (Wildman–Crippen LogP) is 5.36. The van der Waals surface area contributed by atoms with Gasteiger partial charge in [0.25, 0.3) is 0 Å². The average Bonchev–Trinajstić information content (AvgIpc) is 2.72. The lowest BCUT2D eigenvalue weighted by Gasteiger charge is -2.18. The third-order valence-corrected chi connectivity index (χ3v) is 4.27. The summed E-state index contributed by atoms with van der Waals surface area (Å²) < 4.78 is 50.9.